The number of hydrogen-bond acceptors (Lipinski definition) is 3. The van der Waals surface area contributed by atoms with Crippen molar-refractivity contribution in [2.24, 2.45) is 0 Å². The molecule has 0 aliphatic heterocycles. The zero-order valence-corrected chi connectivity index (χ0v) is 12.1. The predicted octanol–water partition coefficient (Wildman–Crippen LogP) is 2.74. The van der Waals surface area contributed by atoms with Gasteiger partial charge in [0.15, 0.2) is 0 Å². The minimum absolute atomic E-state index is 0.304. The second kappa shape index (κ2) is 6.06. The fourth-order valence-electron chi connectivity index (χ4n) is 2.22. The summed E-state index contributed by atoms with van der Waals surface area (Å²) in [5.41, 5.74) is 1.69. The van der Waals surface area contributed by atoms with E-state index in [1.54, 1.807) is 6.92 Å². The lowest BCUT2D eigenvalue weighted by molar-refractivity contribution is -0.144. The second-order valence-electron chi connectivity index (χ2n) is 5.32. The molecule has 0 heterocycles. The topological polar surface area (TPSA) is 69.6 Å². The van der Waals surface area contributed by atoms with Crippen LogP contribution < -0.4 is 5.32 Å². The van der Waals surface area contributed by atoms with Gasteiger partial charge in [0.25, 0.3) is 0 Å². The number of benzene rings is 1. The minimum Gasteiger partial charge on any atom is -0.507 e. The van der Waals surface area contributed by atoms with E-state index >= 15 is 0 Å². The van der Waals surface area contributed by atoms with Crippen LogP contribution in [0.15, 0.2) is 12.1 Å². The van der Waals surface area contributed by atoms with Crippen LogP contribution in [-0.4, -0.2) is 21.7 Å². The van der Waals surface area contributed by atoms with Crippen molar-refractivity contribution in [2.75, 3.05) is 0 Å². The van der Waals surface area contributed by atoms with E-state index < -0.39 is 11.5 Å². The number of carboxylic acid groups (broad SMARTS) is 1. The average molecular weight is 265 g/mol. The molecule has 106 valence electrons. The third-order valence-electron chi connectivity index (χ3n) is 3.46. The molecule has 1 atom stereocenters. The Morgan fingerprint density at radius 3 is 2.26 bits per heavy atom. The van der Waals surface area contributed by atoms with E-state index in [4.69, 9.17) is 0 Å². The summed E-state index contributed by atoms with van der Waals surface area (Å²) in [5.74, 6) is -0.528. The highest BCUT2D eigenvalue weighted by molar-refractivity contribution is 5.78. The number of phenols is 1. The van der Waals surface area contributed by atoms with Crippen LogP contribution in [0, 0.1) is 13.8 Å². The average Bonchev–Trinajstić information content (AvgIpc) is 2.33. The molecule has 0 amide bonds. The zero-order chi connectivity index (χ0) is 14.6. The number of aryl methyl sites for hydroxylation is 2. The van der Waals surface area contributed by atoms with E-state index in [1.807, 2.05) is 32.9 Å². The van der Waals surface area contributed by atoms with E-state index in [1.165, 1.54) is 0 Å². The number of carbonyl (C=O) groups is 1. The van der Waals surface area contributed by atoms with Gasteiger partial charge in [-0.3, -0.25) is 10.1 Å². The van der Waals surface area contributed by atoms with Crippen LogP contribution in [0.5, 0.6) is 5.75 Å². The van der Waals surface area contributed by atoms with E-state index in [2.05, 4.69) is 5.32 Å². The maximum atomic E-state index is 11.3. The van der Waals surface area contributed by atoms with Gasteiger partial charge in [-0.15, -0.1) is 0 Å². The summed E-state index contributed by atoms with van der Waals surface area (Å²) in [4.78, 5) is 11.3. The lowest BCUT2D eigenvalue weighted by Gasteiger charge is -2.26. The number of aromatic hydroxyl groups is 1. The molecule has 1 unspecified atom stereocenters. The molecular weight excluding hydrogens is 242 g/mol. The largest absolute Gasteiger partial charge is 0.507 e. The van der Waals surface area contributed by atoms with Gasteiger partial charge in [0, 0.05) is 6.54 Å². The Hall–Kier alpha value is -1.55. The van der Waals surface area contributed by atoms with Crippen LogP contribution in [0.4, 0.5) is 0 Å². The Labute approximate surface area is 114 Å². The summed E-state index contributed by atoms with van der Waals surface area (Å²) in [6.07, 6.45) is 1.39. The summed E-state index contributed by atoms with van der Waals surface area (Å²) < 4.78 is 0. The molecule has 0 saturated carbocycles. The molecule has 4 nitrogen and oxygen atoms in total. The summed E-state index contributed by atoms with van der Waals surface area (Å²) in [7, 11) is 0. The summed E-state index contributed by atoms with van der Waals surface area (Å²) in [5, 5.41) is 22.1. The van der Waals surface area contributed by atoms with Crippen molar-refractivity contribution in [2.45, 2.75) is 52.6 Å². The van der Waals surface area contributed by atoms with Crippen LogP contribution in [0.2, 0.25) is 0 Å². The number of carboxylic acids is 1. The van der Waals surface area contributed by atoms with Gasteiger partial charge in [0.1, 0.15) is 11.3 Å². The van der Waals surface area contributed by atoms with Gasteiger partial charge < -0.3 is 10.2 Å². The quantitative estimate of drug-likeness (QED) is 0.739. The molecule has 1 rings (SSSR count). The number of phenolic OH excluding ortho intramolecular Hbond substituents is 1. The maximum Gasteiger partial charge on any atom is 0.323 e. The fraction of sp³-hybridized carbons (Fsp3) is 0.533. The van der Waals surface area contributed by atoms with E-state index in [0.29, 0.717) is 18.7 Å². The molecule has 0 aliphatic carbocycles. The van der Waals surface area contributed by atoms with Crippen molar-refractivity contribution in [1.29, 1.82) is 0 Å². The normalized spacial score (nSPS) is 14.1. The van der Waals surface area contributed by atoms with Crippen LogP contribution in [0.25, 0.3) is 0 Å². The monoisotopic (exact) mass is 265 g/mol. The first-order valence-corrected chi connectivity index (χ1v) is 6.57. The van der Waals surface area contributed by atoms with Gasteiger partial charge in [-0.1, -0.05) is 25.5 Å². The molecule has 0 aliphatic rings. The first kappa shape index (κ1) is 15.5. The Morgan fingerprint density at radius 2 is 1.84 bits per heavy atom. The van der Waals surface area contributed by atoms with Gasteiger partial charge in [-0.05, 0) is 43.9 Å². The van der Waals surface area contributed by atoms with E-state index in [9.17, 15) is 15.0 Å². The number of nitrogens with one attached hydrogen (secondary N) is 1. The number of hydrogen-bond donors (Lipinski definition) is 3. The Kier molecular flexibility index (Phi) is 4.95. The van der Waals surface area contributed by atoms with Crippen molar-refractivity contribution in [1.82, 2.24) is 5.32 Å². The van der Waals surface area contributed by atoms with Gasteiger partial charge in [0.2, 0.25) is 0 Å². The molecular formula is C15H23NO3. The van der Waals surface area contributed by atoms with Crippen LogP contribution in [0.3, 0.4) is 0 Å². The molecule has 0 fully saturated rings. The summed E-state index contributed by atoms with van der Waals surface area (Å²) in [6.45, 7) is 7.84. The molecule has 0 aromatic heterocycles. The van der Waals surface area contributed by atoms with Gasteiger partial charge in [0.05, 0.1) is 0 Å². The second-order valence-corrected chi connectivity index (χ2v) is 5.32. The minimum atomic E-state index is -0.908. The SMILES string of the molecule is CCCC(C)(NCc1cc(C)c(O)c(C)c1)C(=O)O. The van der Waals surface area contributed by atoms with Crippen molar-refractivity contribution in [3.05, 3.63) is 28.8 Å². The summed E-state index contributed by atoms with van der Waals surface area (Å²) >= 11 is 0. The molecule has 4 heteroatoms. The van der Waals surface area contributed by atoms with Crippen molar-refractivity contribution in [3.8, 4) is 5.75 Å². The molecule has 19 heavy (non-hydrogen) atoms. The standard InChI is InChI=1S/C15H23NO3/c1-5-6-15(4,14(18)19)16-9-12-7-10(2)13(17)11(3)8-12/h7-8,16-17H,5-6,9H2,1-4H3,(H,18,19). The van der Waals surface area contributed by atoms with Crippen molar-refractivity contribution < 1.29 is 15.0 Å². The molecule has 0 saturated heterocycles. The summed E-state index contributed by atoms with van der Waals surface area (Å²) in [6, 6.07) is 3.76. The lowest BCUT2D eigenvalue weighted by Crippen LogP contribution is -2.48. The van der Waals surface area contributed by atoms with E-state index in [-0.39, 0.29) is 0 Å². The maximum absolute atomic E-state index is 11.3. The lowest BCUT2D eigenvalue weighted by atomic mass is 9.95. The Bertz CT molecular complexity index is 447. The third kappa shape index (κ3) is 3.70. The number of aliphatic carboxylic acids is 1. The number of rotatable bonds is 6. The highest BCUT2D eigenvalue weighted by Gasteiger charge is 2.31. The molecule has 3 N–H and O–H groups in total. The van der Waals surface area contributed by atoms with E-state index in [0.717, 1.165) is 23.1 Å². The van der Waals surface area contributed by atoms with Gasteiger partial charge in [-0.25, -0.2) is 0 Å². The van der Waals surface area contributed by atoms with Gasteiger partial charge in [-0.2, -0.15) is 0 Å². The first-order valence-electron chi connectivity index (χ1n) is 6.57. The van der Waals surface area contributed by atoms with Crippen LogP contribution in [0.1, 0.15) is 43.4 Å². The predicted molar refractivity (Wildman–Crippen MR) is 75.4 cm³/mol. The molecule has 0 spiro atoms. The molecule has 1 aromatic rings. The smallest absolute Gasteiger partial charge is 0.323 e. The fourth-order valence-corrected chi connectivity index (χ4v) is 2.22. The van der Waals surface area contributed by atoms with Crippen molar-refractivity contribution in [3.63, 3.8) is 0 Å². The zero-order valence-electron chi connectivity index (χ0n) is 12.1. The van der Waals surface area contributed by atoms with Crippen molar-refractivity contribution >= 4 is 5.97 Å². The Morgan fingerprint density at radius 1 is 1.32 bits per heavy atom. The Balaban J connectivity index is 2.83. The highest BCUT2D eigenvalue weighted by atomic mass is 16.4. The highest BCUT2D eigenvalue weighted by Crippen LogP contribution is 2.23. The van der Waals surface area contributed by atoms with Gasteiger partial charge >= 0.3 is 5.97 Å². The molecule has 0 radical (unpaired) electrons. The third-order valence-corrected chi connectivity index (χ3v) is 3.46. The first-order chi connectivity index (χ1) is 8.80. The molecule has 1 aromatic carbocycles. The van der Waals surface area contributed by atoms with Crippen LogP contribution in [-0.2, 0) is 11.3 Å². The molecule has 0 bridgehead atoms. The van der Waals surface area contributed by atoms with Crippen LogP contribution >= 0.6 is 0 Å².